The van der Waals surface area contributed by atoms with Crippen LogP contribution < -0.4 is 0 Å². The van der Waals surface area contributed by atoms with Crippen LogP contribution in [-0.2, 0) is 0 Å². The zero-order chi connectivity index (χ0) is 7.90. The van der Waals surface area contributed by atoms with Crippen molar-refractivity contribution in [1.29, 1.82) is 0 Å². The summed E-state index contributed by atoms with van der Waals surface area (Å²) in [4.78, 5) is 0. The predicted octanol–water partition coefficient (Wildman–Crippen LogP) is 1.88. The summed E-state index contributed by atoms with van der Waals surface area (Å²) >= 11 is 0. The van der Waals surface area contributed by atoms with Crippen LogP contribution in [0.5, 0.6) is 0 Å². The van der Waals surface area contributed by atoms with Crippen molar-refractivity contribution in [3.05, 3.63) is 0 Å². The van der Waals surface area contributed by atoms with Crippen LogP contribution in [0.4, 0.5) is 0 Å². The molecule has 1 aliphatic carbocycles. The van der Waals surface area contributed by atoms with Gasteiger partial charge in [-0.2, -0.15) is 0 Å². The Balaban J connectivity index is 2.05. The van der Waals surface area contributed by atoms with Crippen molar-refractivity contribution >= 4 is 0 Å². The molecule has 0 N–H and O–H groups in total. The second-order valence-electron chi connectivity index (χ2n) is 5.20. The first kappa shape index (κ1) is 7.60. The van der Waals surface area contributed by atoms with Gasteiger partial charge in [0.15, 0.2) is 0 Å². The normalized spacial score (nSPS) is 42.0. The summed E-state index contributed by atoms with van der Waals surface area (Å²) in [5.41, 5.74) is 0. The molecule has 1 heterocycles. The number of nitrogens with zero attached hydrogens (tertiary/aromatic N) is 1. The van der Waals surface area contributed by atoms with E-state index in [1.165, 1.54) is 36.8 Å². The Kier molecular flexibility index (Phi) is 1.71. The zero-order valence-electron chi connectivity index (χ0n) is 7.84. The average molecular weight is 154 g/mol. The van der Waals surface area contributed by atoms with Crippen molar-refractivity contribution in [2.45, 2.75) is 25.7 Å². The van der Waals surface area contributed by atoms with Crippen LogP contribution >= 0.6 is 0 Å². The van der Waals surface area contributed by atoms with Gasteiger partial charge >= 0.3 is 0 Å². The van der Waals surface area contributed by atoms with Gasteiger partial charge in [-0.3, -0.25) is 0 Å². The Morgan fingerprint density at radius 3 is 2.09 bits per heavy atom. The lowest BCUT2D eigenvalue weighted by molar-refractivity contribution is -0.903. The van der Waals surface area contributed by atoms with Crippen LogP contribution in [-0.4, -0.2) is 31.7 Å². The molecular weight excluding hydrogens is 134 g/mol. The van der Waals surface area contributed by atoms with Crippen LogP contribution in [0.1, 0.15) is 25.7 Å². The van der Waals surface area contributed by atoms with Crippen molar-refractivity contribution in [2.24, 2.45) is 11.8 Å². The lowest BCUT2D eigenvalue weighted by Crippen LogP contribution is -2.52. The van der Waals surface area contributed by atoms with Crippen LogP contribution in [0.15, 0.2) is 0 Å². The van der Waals surface area contributed by atoms with Crippen molar-refractivity contribution in [1.82, 2.24) is 0 Å². The first-order valence-corrected chi connectivity index (χ1v) is 4.98. The highest BCUT2D eigenvalue weighted by atomic mass is 15.3. The summed E-state index contributed by atoms with van der Waals surface area (Å²) in [6, 6.07) is 0. The first-order chi connectivity index (χ1) is 5.16. The summed E-state index contributed by atoms with van der Waals surface area (Å²) in [5.74, 6) is 2.13. The summed E-state index contributed by atoms with van der Waals surface area (Å²) < 4.78 is 1.29. The molecule has 0 amide bonds. The van der Waals surface area contributed by atoms with E-state index in [0.717, 1.165) is 11.8 Å². The number of hydrogen-bond acceptors (Lipinski definition) is 0. The Morgan fingerprint density at radius 1 is 1.00 bits per heavy atom. The molecule has 0 aromatic rings. The highest BCUT2D eigenvalue weighted by molar-refractivity contribution is 4.76. The molecule has 1 aliphatic heterocycles. The van der Waals surface area contributed by atoms with E-state index < -0.39 is 0 Å². The smallest absolute Gasteiger partial charge is 0.0811 e. The molecule has 1 saturated heterocycles. The Hall–Kier alpha value is -0.0400. The maximum atomic E-state index is 2.39. The van der Waals surface area contributed by atoms with E-state index in [-0.39, 0.29) is 0 Å². The molecule has 0 spiro atoms. The van der Waals surface area contributed by atoms with Gasteiger partial charge in [0.1, 0.15) is 0 Å². The molecule has 0 aromatic carbocycles. The average Bonchev–Trinajstić information content (AvgIpc) is 1.82. The van der Waals surface area contributed by atoms with E-state index in [1.807, 2.05) is 0 Å². The SMILES string of the molecule is C[N+]1(C)C[C@@H]2CCC[C@@H](C2)C1. The van der Waals surface area contributed by atoms with Crippen LogP contribution in [0.25, 0.3) is 0 Å². The predicted molar refractivity (Wildman–Crippen MR) is 47.3 cm³/mol. The molecule has 64 valence electrons. The van der Waals surface area contributed by atoms with Gasteiger partial charge in [-0.15, -0.1) is 0 Å². The summed E-state index contributed by atoms with van der Waals surface area (Å²) in [7, 11) is 4.79. The Bertz CT molecular complexity index is 137. The second-order valence-corrected chi connectivity index (χ2v) is 5.20. The fourth-order valence-corrected chi connectivity index (χ4v) is 3.21. The molecule has 2 rings (SSSR count). The van der Waals surface area contributed by atoms with Crippen molar-refractivity contribution in [3.63, 3.8) is 0 Å². The van der Waals surface area contributed by atoms with E-state index in [4.69, 9.17) is 0 Å². The molecule has 1 saturated carbocycles. The second kappa shape index (κ2) is 2.48. The number of fused-ring (bicyclic) bond motifs is 2. The van der Waals surface area contributed by atoms with E-state index in [9.17, 15) is 0 Å². The van der Waals surface area contributed by atoms with Gasteiger partial charge in [-0.25, -0.2) is 0 Å². The highest BCUT2D eigenvalue weighted by Gasteiger charge is 2.36. The number of quaternary nitrogens is 1. The number of likely N-dealkylation sites (tertiary alicyclic amines) is 1. The molecule has 2 bridgehead atoms. The molecule has 0 unspecified atom stereocenters. The van der Waals surface area contributed by atoms with Crippen LogP contribution in [0, 0.1) is 11.8 Å². The van der Waals surface area contributed by atoms with Gasteiger partial charge in [-0.1, -0.05) is 6.42 Å². The quantitative estimate of drug-likeness (QED) is 0.467. The van der Waals surface area contributed by atoms with Crippen LogP contribution in [0.2, 0.25) is 0 Å². The zero-order valence-corrected chi connectivity index (χ0v) is 7.84. The standard InChI is InChI=1S/C10H20N/c1-11(2)7-9-4-3-5-10(6-9)8-11/h9-10H,3-8H2,1-2H3/q+1/t9-,10+. The lowest BCUT2D eigenvalue weighted by Gasteiger charge is -2.44. The maximum Gasteiger partial charge on any atom is 0.0811 e. The molecule has 11 heavy (non-hydrogen) atoms. The van der Waals surface area contributed by atoms with E-state index >= 15 is 0 Å². The van der Waals surface area contributed by atoms with Gasteiger partial charge in [0.2, 0.25) is 0 Å². The van der Waals surface area contributed by atoms with Gasteiger partial charge < -0.3 is 4.48 Å². The third-order valence-electron chi connectivity index (χ3n) is 3.40. The summed E-state index contributed by atoms with van der Waals surface area (Å²) in [5, 5.41) is 0. The minimum atomic E-state index is 1.07. The number of hydrogen-bond donors (Lipinski definition) is 0. The van der Waals surface area contributed by atoms with E-state index in [2.05, 4.69) is 14.1 Å². The van der Waals surface area contributed by atoms with E-state index in [0.29, 0.717) is 0 Å². The van der Waals surface area contributed by atoms with Gasteiger partial charge in [0, 0.05) is 11.8 Å². The minimum absolute atomic E-state index is 1.07. The van der Waals surface area contributed by atoms with Crippen molar-refractivity contribution < 1.29 is 4.48 Å². The lowest BCUT2D eigenvalue weighted by atomic mass is 9.77. The summed E-state index contributed by atoms with van der Waals surface area (Å²) in [6.45, 7) is 2.88. The van der Waals surface area contributed by atoms with Crippen LogP contribution in [0.3, 0.4) is 0 Å². The number of rotatable bonds is 0. The third kappa shape index (κ3) is 1.58. The van der Waals surface area contributed by atoms with Gasteiger partial charge in [0.05, 0.1) is 27.2 Å². The third-order valence-corrected chi connectivity index (χ3v) is 3.40. The van der Waals surface area contributed by atoms with Crippen molar-refractivity contribution in [2.75, 3.05) is 27.2 Å². The highest BCUT2D eigenvalue weighted by Crippen LogP contribution is 2.35. The van der Waals surface area contributed by atoms with Gasteiger partial charge in [-0.05, 0) is 19.3 Å². The first-order valence-electron chi connectivity index (χ1n) is 4.98. The molecule has 0 aromatic heterocycles. The molecule has 2 atom stereocenters. The maximum absolute atomic E-state index is 2.39. The molecule has 2 aliphatic rings. The fourth-order valence-electron chi connectivity index (χ4n) is 3.21. The Morgan fingerprint density at radius 2 is 1.55 bits per heavy atom. The fraction of sp³-hybridized carbons (Fsp3) is 1.00. The topological polar surface area (TPSA) is 0 Å². The monoisotopic (exact) mass is 154 g/mol. The largest absolute Gasteiger partial charge is 0.328 e. The van der Waals surface area contributed by atoms with Gasteiger partial charge in [0.25, 0.3) is 0 Å². The molecule has 1 heteroatoms. The Labute approximate surface area is 70.0 Å². The van der Waals surface area contributed by atoms with E-state index in [1.54, 1.807) is 6.42 Å². The molecule has 0 radical (unpaired) electrons. The minimum Gasteiger partial charge on any atom is -0.328 e. The molecular formula is C10H20N+. The molecule has 2 fully saturated rings. The summed E-state index contributed by atoms with van der Waals surface area (Å²) in [6.07, 6.45) is 6.08. The molecule has 1 nitrogen and oxygen atoms in total. The van der Waals surface area contributed by atoms with Crippen molar-refractivity contribution in [3.8, 4) is 0 Å². The number of piperidine rings is 1.